The van der Waals surface area contributed by atoms with Gasteiger partial charge in [0.05, 0.1) is 16.0 Å². The molecule has 3 nitrogen and oxygen atoms in total. The molecular formula is C15H13ClN2OS. The number of benzene rings is 2. The number of thioether (sulfide) groups is 1. The Bertz CT molecular complexity index is 650. The fourth-order valence-corrected chi connectivity index (χ4v) is 3.49. The minimum atomic E-state index is -0.0932. The summed E-state index contributed by atoms with van der Waals surface area (Å²) in [6, 6.07) is 13.2. The minimum Gasteiger partial charge on any atom is -0.397 e. The molecular weight excluding hydrogens is 292 g/mol. The molecule has 102 valence electrons. The molecule has 2 aromatic rings. The molecule has 1 heterocycles. The number of hydrogen-bond acceptors (Lipinski definition) is 3. The number of fused-ring (bicyclic) bond motifs is 1. The largest absolute Gasteiger partial charge is 0.397 e. The number of nitrogen functional groups attached to an aromatic ring is 1. The predicted molar refractivity (Wildman–Crippen MR) is 84.3 cm³/mol. The summed E-state index contributed by atoms with van der Waals surface area (Å²) in [6.07, 6.45) is 0.760. The van der Waals surface area contributed by atoms with E-state index in [9.17, 15) is 4.79 Å². The molecule has 3 N–H and O–H groups in total. The van der Waals surface area contributed by atoms with Gasteiger partial charge in [-0.05, 0) is 36.2 Å². The third-order valence-corrected chi connectivity index (χ3v) is 4.86. The Balaban J connectivity index is 1.71. The number of nitrogens with two attached hydrogens (primary N) is 1. The molecule has 0 saturated carbocycles. The van der Waals surface area contributed by atoms with Crippen molar-refractivity contribution >= 4 is 40.6 Å². The van der Waals surface area contributed by atoms with Gasteiger partial charge in [-0.2, -0.15) is 0 Å². The summed E-state index contributed by atoms with van der Waals surface area (Å²) in [7, 11) is 0. The first kappa shape index (κ1) is 13.3. The van der Waals surface area contributed by atoms with Crippen LogP contribution < -0.4 is 11.1 Å². The normalized spacial score (nSPS) is 16.8. The van der Waals surface area contributed by atoms with E-state index in [2.05, 4.69) is 11.4 Å². The van der Waals surface area contributed by atoms with Crippen molar-refractivity contribution in [3.63, 3.8) is 0 Å². The van der Waals surface area contributed by atoms with E-state index >= 15 is 0 Å². The Labute approximate surface area is 126 Å². The summed E-state index contributed by atoms with van der Waals surface area (Å²) in [6.45, 7) is 0. The molecule has 0 saturated heterocycles. The first-order valence-electron chi connectivity index (χ1n) is 6.24. The molecule has 20 heavy (non-hydrogen) atoms. The fraction of sp³-hybridized carbons (Fsp3) is 0.133. The van der Waals surface area contributed by atoms with Crippen LogP contribution in [0.25, 0.3) is 0 Å². The average Bonchev–Trinajstić information content (AvgIpc) is 2.87. The van der Waals surface area contributed by atoms with E-state index in [-0.39, 0.29) is 11.2 Å². The summed E-state index contributed by atoms with van der Waals surface area (Å²) in [5.74, 6) is -0.00655. The molecule has 0 aliphatic carbocycles. The van der Waals surface area contributed by atoms with Gasteiger partial charge in [-0.15, -0.1) is 11.8 Å². The number of anilines is 2. The van der Waals surface area contributed by atoms with Crippen LogP contribution in [0.5, 0.6) is 0 Å². The van der Waals surface area contributed by atoms with E-state index in [0.29, 0.717) is 16.4 Å². The zero-order valence-electron chi connectivity index (χ0n) is 10.6. The first-order chi connectivity index (χ1) is 9.63. The van der Waals surface area contributed by atoms with Crippen molar-refractivity contribution in [3.8, 4) is 0 Å². The zero-order valence-corrected chi connectivity index (χ0v) is 12.2. The average molecular weight is 305 g/mol. The van der Waals surface area contributed by atoms with E-state index in [1.165, 1.54) is 10.5 Å². The van der Waals surface area contributed by atoms with E-state index < -0.39 is 0 Å². The molecule has 1 amide bonds. The monoisotopic (exact) mass is 304 g/mol. The Morgan fingerprint density at radius 1 is 1.30 bits per heavy atom. The van der Waals surface area contributed by atoms with Crippen molar-refractivity contribution < 1.29 is 4.79 Å². The standard InChI is InChI=1S/C15H13ClN2OS/c16-11-6-5-10(8-12(11)17)18-15(19)14-7-9-3-1-2-4-13(9)20-14/h1-6,8,14H,7,17H2,(H,18,19). The van der Waals surface area contributed by atoms with Gasteiger partial charge in [-0.3, -0.25) is 4.79 Å². The molecule has 0 aromatic heterocycles. The third-order valence-electron chi connectivity index (χ3n) is 3.20. The van der Waals surface area contributed by atoms with Crippen LogP contribution in [0.3, 0.4) is 0 Å². The lowest BCUT2D eigenvalue weighted by atomic mass is 10.1. The van der Waals surface area contributed by atoms with Crippen LogP contribution in [-0.2, 0) is 11.2 Å². The number of carbonyl (C=O) groups is 1. The van der Waals surface area contributed by atoms with Crippen LogP contribution >= 0.6 is 23.4 Å². The number of carbonyl (C=O) groups excluding carboxylic acids is 1. The first-order valence-corrected chi connectivity index (χ1v) is 7.50. The minimum absolute atomic E-state index is 0.00655. The van der Waals surface area contributed by atoms with Crippen LogP contribution in [0.1, 0.15) is 5.56 Å². The number of halogens is 1. The maximum atomic E-state index is 12.3. The van der Waals surface area contributed by atoms with Crippen molar-refractivity contribution in [1.82, 2.24) is 0 Å². The molecule has 3 rings (SSSR count). The molecule has 1 unspecified atom stereocenters. The second kappa shape index (κ2) is 5.38. The van der Waals surface area contributed by atoms with Crippen molar-refractivity contribution in [2.45, 2.75) is 16.6 Å². The van der Waals surface area contributed by atoms with Crippen molar-refractivity contribution in [3.05, 3.63) is 53.1 Å². The van der Waals surface area contributed by atoms with Gasteiger partial charge in [0, 0.05) is 10.6 Å². The molecule has 0 fully saturated rings. The lowest BCUT2D eigenvalue weighted by Crippen LogP contribution is -2.24. The SMILES string of the molecule is Nc1cc(NC(=O)C2Cc3ccccc3S2)ccc1Cl. The summed E-state index contributed by atoms with van der Waals surface area (Å²) in [4.78, 5) is 13.5. The predicted octanol–water partition coefficient (Wildman–Crippen LogP) is 3.58. The molecule has 2 aromatic carbocycles. The van der Waals surface area contributed by atoms with Crippen molar-refractivity contribution in [2.75, 3.05) is 11.1 Å². The molecule has 1 aliphatic rings. The Kier molecular flexibility index (Phi) is 3.59. The molecule has 0 bridgehead atoms. The quantitative estimate of drug-likeness (QED) is 0.834. The van der Waals surface area contributed by atoms with Gasteiger partial charge in [-0.25, -0.2) is 0 Å². The van der Waals surface area contributed by atoms with Gasteiger partial charge >= 0.3 is 0 Å². The second-order valence-electron chi connectivity index (χ2n) is 4.64. The van der Waals surface area contributed by atoms with Gasteiger partial charge in [0.15, 0.2) is 0 Å². The molecule has 0 spiro atoms. The van der Waals surface area contributed by atoms with E-state index in [0.717, 1.165) is 6.42 Å². The third kappa shape index (κ3) is 2.62. The maximum absolute atomic E-state index is 12.3. The summed E-state index contributed by atoms with van der Waals surface area (Å²) >= 11 is 7.46. The molecule has 1 aliphatic heterocycles. The summed E-state index contributed by atoms with van der Waals surface area (Å²) in [5.41, 5.74) is 8.10. The maximum Gasteiger partial charge on any atom is 0.238 e. The highest BCUT2D eigenvalue weighted by atomic mass is 35.5. The molecule has 0 radical (unpaired) electrons. The van der Waals surface area contributed by atoms with Gasteiger partial charge in [0.1, 0.15) is 0 Å². The van der Waals surface area contributed by atoms with E-state index in [1.807, 2.05) is 18.2 Å². The Hall–Kier alpha value is -1.65. The van der Waals surface area contributed by atoms with Crippen LogP contribution in [0.4, 0.5) is 11.4 Å². The highest BCUT2D eigenvalue weighted by molar-refractivity contribution is 8.01. The van der Waals surface area contributed by atoms with Crippen LogP contribution in [-0.4, -0.2) is 11.2 Å². The topological polar surface area (TPSA) is 55.1 Å². The Morgan fingerprint density at radius 2 is 2.10 bits per heavy atom. The highest BCUT2D eigenvalue weighted by Crippen LogP contribution is 2.37. The van der Waals surface area contributed by atoms with Gasteiger partial charge in [0.25, 0.3) is 0 Å². The number of rotatable bonds is 2. The molecule has 5 heteroatoms. The van der Waals surface area contributed by atoms with Crippen LogP contribution in [0, 0.1) is 0 Å². The molecule has 1 atom stereocenters. The summed E-state index contributed by atoms with van der Waals surface area (Å²) < 4.78 is 0. The van der Waals surface area contributed by atoms with Crippen molar-refractivity contribution in [2.24, 2.45) is 0 Å². The fourth-order valence-electron chi connectivity index (χ4n) is 2.17. The Morgan fingerprint density at radius 3 is 2.85 bits per heavy atom. The van der Waals surface area contributed by atoms with Crippen LogP contribution in [0.2, 0.25) is 5.02 Å². The van der Waals surface area contributed by atoms with Gasteiger partial charge in [-0.1, -0.05) is 29.8 Å². The lowest BCUT2D eigenvalue weighted by Gasteiger charge is -2.10. The van der Waals surface area contributed by atoms with Crippen molar-refractivity contribution in [1.29, 1.82) is 0 Å². The van der Waals surface area contributed by atoms with E-state index in [1.54, 1.807) is 30.0 Å². The zero-order chi connectivity index (χ0) is 14.1. The lowest BCUT2D eigenvalue weighted by molar-refractivity contribution is -0.115. The summed E-state index contributed by atoms with van der Waals surface area (Å²) in [5, 5.41) is 3.29. The van der Waals surface area contributed by atoms with Crippen LogP contribution in [0.15, 0.2) is 47.4 Å². The van der Waals surface area contributed by atoms with Gasteiger partial charge in [0.2, 0.25) is 5.91 Å². The number of amides is 1. The smallest absolute Gasteiger partial charge is 0.238 e. The second-order valence-corrected chi connectivity index (χ2v) is 6.30. The highest BCUT2D eigenvalue weighted by Gasteiger charge is 2.27. The van der Waals surface area contributed by atoms with E-state index in [4.69, 9.17) is 17.3 Å². The number of nitrogens with one attached hydrogen (secondary N) is 1. The van der Waals surface area contributed by atoms with Gasteiger partial charge < -0.3 is 11.1 Å². The number of hydrogen-bond donors (Lipinski definition) is 2.